The van der Waals surface area contributed by atoms with Crippen molar-refractivity contribution >= 4 is 16.7 Å². The van der Waals surface area contributed by atoms with Crippen molar-refractivity contribution in [2.45, 2.75) is 6.42 Å². The number of nitrogens with one attached hydrogen (secondary N) is 1. The maximum atomic E-state index is 5.23. The molecule has 0 radical (unpaired) electrons. The van der Waals surface area contributed by atoms with Gasteiger partial charge in [-0.25, -0.2) is 4.98 Å². The van der Waals surface area contributed by atoms with Crippen LogP contribution in [0.1, 0.15) is 5.56 Å². The summed E-state index contributed by atoms with van der Waals surface area (Å²) < 4.78 is 7.05. The van der Waals surface area contributed by atoms with Crippen LogP contribution in [0.2, 0.25) is 0 Å². The number of aromatic nitrogens is 3. The number of nitrogens with zero attached hydrogens (tertiary/aromatic N) is 3. The molecule has 0 bridgehead atoms. The summed E-state index contributed by atoms with van der Waals surface area (Å²) in [6, 6.07) is 9.97. The van der Waals surface area contributed by atoms with E-state index in [9.17, 15) is 0 Å². The number of anilines is 1. The largest absolute Gasteiger partial charge is 0.497 e. The van der Waals surface area contributed by atoms with Crippen LogP contribution in [-0.2, 0) is 13.5 Å². The number of hydrogen-bond acceptors (Lipinski definition) is 4. The molecule has 1 N–H and O–H groups in total. The summed E-state index contributed by atoms with van der Waals surface area (Å²) in [6.45, 7) is 0.828. The summed E-state index contributed by atoms with van der Waals surface area (Å²) in [5.41, 5.74) is 2.15. The molecule has 0 unspecified atom stereocenters. The average molecular weight is 282 g/mol. The van der Waals surface area contributed by atoms with Crippen molar-refractivity contribution in [3.63, 3.8) is 0 Å². The van der Waals surface area contributed by atoms with Gasteiger partial charge in [0, 0.05) is 31.2 Å². The predicted molar refractivity (Wildman–Crippen MR) is 83.7 cm³/mol. The molecule has 0 aliphatic rings. The molecular formula is C16H18N4O. The van der Waals surface area contributed by atoms with Gasteiger partial charge in [0.05, 0.1) is 18.8 Å². The van der Waals surface area contributed by atoms with Crippen LogP contribution in [0.5, 0.6) is 5.75 Å². The minimum atomic E-state index is 0.822. The third-order valence-electron chi connectivity index (χ3n) is 3.38. The number of ether oxygens (including phenoxy) is 1. The van der Waals surface area contributed by atoms with Crippen LogP contribution >= 0.6 is 0 Å². The molecule has 2 aromatic heterocycles. The van der Waals surface area contributed by atoms with Crippen LogP contribution in [0.15, 0.2) is 42.7 Å². The summed E-state index contributed by atoms with van der Waals surface area (Å²) in [4.78, 5) is 4.61. The highest BCUT2D eigenvalue weighted by molar-refractivity contribution is 5.81. The van der Waals surface area contributed by atoms with E-state index in [-0.39, 0.29) is 0 Å². The van der Waals surface area contributed by atoms with Crippen molar-refractivity contribution in [2.24, 2.45) is 7.05 Å². The Morgan fingerprint density at radius 1 is 1.24 bits per heavy atom. The van der Waals surface area contributed by atoms with Crippen molar-refractivity contribution < 1.29 is 4.74 Å². The van der Waals surface area contributed by atoms with E-state index in [4.69, 9.17) is 4.74 Å². The van der Waals surface area contributed by atoms with Gasteiger partial charge in [0.15, 0.2) is 0 Å². The number of pyridine rings is 1. The molecule has 0 atom stereocenters. The van der Waals surface area contributed by atoms with Gasteiger partial charge in [-0.3, -0.25) is 4.68 Å². The highest BCUT2D eigenvalue weighted by atomic mass is 16.5. The Morgan fingerprint density at radius 3 is 2.86 bits per heavy atom. The van der Waals surface area contributed by atoms with E-state index in [1.807, 2.05) is 48.4 Å². The fraction of sp³-hybridized carbons (Fsp3) is 0.250. The molecule has 3 aromatic rings. The van der Waals surface area contributed by atoms with Crippen LogP contribution in [0, 0.1) is 0 Å². The summed E-state index contributed by atoms with van der Waals surface area (Å²) in [5, 5.41) is 8.61. The maximum absolute atomic E-state index is 5.23. The molecule has 21 heavy (non-hydrogen) atoms. The summed E-state index contributed by atoms with van der Waals surface area (Å²) >= 11 is 0. The number of methoxy groups -OCH3 is 1. The zero-order valence-electron chi connectivity index (χ0n) is 12.2. The fourth-order valence-corrected chi connectivity index (χ4v) is 2.26. The topological polar surface area (TPSA) is 52.0 Å². The standard InChI is InChI=1S/C16H18N4O/c1-20-11-12(10-18-20)7-8-17-16-6-4-13-3-5-14(21-2)9-15(13)19-16/h3-6,9-11H,7-8H2,1-2H3,(H,17,19). The lowest BCUT2D eigenvalue weighted by atomic mass is 10.2. The molecule has 0 aliphatic heterocycles. The number of rotatable bonds is 5. The second-order valence-electron chi connectivity index (χ2n) is 4.95. The van der Waals surface area contributed by atoms with Gasteiger partial charge in [0.1, 0.15) is 11.6 Å². The third kappa shape index (κ3) is 3.13. The zero-order valence-corrected chi connectivity index (χ0v) is 12.2. The molecule has 0 amide bonds. The van der Waals surface area contributed by atoms with Crippen molar-refractivity contribution in [2.75, 3.05) is 19.0 Å². The highest BCUT2D eigenvalue weighted by Crippen LogP contribution is 2.20. The lowest BCUT2D eigenvalue weighted by molar-refractivity contribution is 0.415. The van der Waals surface area contributed by atoms with Crippen LogP contribution in [0.25, 0.3) is 10.9 Å². The van der Waals surface area contributed by atoms with Gasteiger partial charge in [-0.15, -0.1) is 0 Å². The minimum absolute atomic E-state index is 0.822. The van der Waals surface area contributed by atoms with Gasteiger partial charge in [-0.1, -0.05) is 0 Å². The van der Waals surface area contributed by atoms with E-state index in [2.05, 4.69) is 21.5 Å². The second kappa shape index (κ2) is 5.83. The summed E-state index contributed by atoms with van der Waals surface area (Å²) in [5.74, 6) is 1.70. The Bertz CT molecular complexity index is 751. The van der Waals surface area contributed by atoms with Crippen molar-refractivity contribution in [3.8, 4) is 5.75 Å². The molecule has 3 rings (SSSR count). The molecule has 5 nitrogen and oxygen atoms in total. The van der Waals surface area contributed by atoms with Crippen LogP contribution in [0.4, 0.5) is 5.82 Å². The third-order valence-corrected chi connectivity index (χ3v) is 3.38. The number of aryl methyl sites for hydroxylation is 1. The fourth-order valence-electron chi connectivity index (χ4n) is 2.26. The Kier molecular flexibility index (Phi) is 3.73. The predicted octanol–water partition coefficient (Wildman–Crippen LogP) is 2.63. The lowest BCUT2D eigenvalue weighted by Gasteiger charge is -2.07. The van der Waals surface area contributed by atoms with E-state index in [0.29, 0.717) is 0 Å². The van der Waals surface area contributed by atoms with Gasteiger partial charge in [-0.2, -0.15) is 5.10 Å². The van der Waals surface area contributed by atoms with Gasteiger partial charge in [-0.05, 0) is 36.2 Å². The van der Waals surface area contributed by atoms with Crippen molar-refractivity contribution in [3.05, 3.63) is 48.3 Å². The minimum Gasteiger partial charge on any atom is -0.497 e. The molecule has 5 heteroatoms. The van der Waals surface area contributed by atoms with Crippen LogP contribution in [-0.4, -0.2) is 28.4 Å². The second-order valence-corrected chi connectivity index (χ2v) is 4.95. The molecule has 2 heterocycles. The first-order chi connectivity index (χ1) is 10.2. The number of hydrogen-bond donors (Lipinski definition) is 1. The van der Waals surface area contributed by atoms with Crippen LogP contribution in [0.3, 0.4) is 0 Å². The molecule has 0 saturated heterocycles. The van der Waals surface area contributed by atoms with Gasteiger partial charge < -0.3 is 10.1 Å². The smallest absolute Gasteiger partial charge is 0.126 e. The van der Waals surface area contributed by atoms with Gasteiger partial charge in [0.25, 0.3) is 0 Å². The maximum Gasteiger partial charge on any atom is 0.126 e. The summed E-state index contributed by atoms with van der Waals surface area (Å²) in [7, 11) is 3.59. The van der Waals surface area contributed by atoms with Crippen molar-refractivity contribution in [1.29, 1.82) is 0 Å². The first kappa shape index (κ1) is 13.4. The van der Waals surface area contributed by atoms with Gasteiger partial charge in [0.2, 0.25) is 0 Å². The Labute approximate surface area is 123 Å². The quantitative estimate of drug-likeness (QED) is 0.781. The monoisotopic (exact) mass is 282 g/mol. The zero-order chi connectivity index (χ0) is 14.7. The van der Waals surface area contributed by atoms with E-state index in [0.717, 1.165) is 35.4 Å². The van der Waals surface area contributed by atoms with E-state index in [1.165, 1.54) is 5.56 Å². The summed E-state index contributed by atoms with van der Waals surface area (Å²) in [6.07, 6.45) is 4.84. The van der Waals surface area contributed by atoms with E-state index < -0.39 is 0 Å². The average Bonchev–Trinajstić information content (AvgIpc) is 2.92. The molecule has 0 fully saturated rings. The Hall–Kier alpha value is -2.56. The van der Waals surface area contributed by atoms with E-state index >= 15 is 0 Å². The normalized spacial score (nSPS) is 10.8. The molecule has 1 aromatic carbocycles. The molecule has 108 valence electrons. The first-order valence-corrected chi connectivity index (χ1v) is 6.91. The number of benzene rings is 1. The van der Waals surface area contributed by atoms with Crippen molar-refractivity contribution in [1.82, 2.24) is 14.8 Å². The van der Waals surface area contributed by atoms with E-state index in [1.54, 1.807) is 7.11 Å². The molecule has 0 aliphatic carbocycles. The molecule has 0 spiro atoms. The SMILES string of the molecule is COc1ccc2ccc(NCCc3cnn(C)c3)nc2c1. The van der Waals surface area contributed by atoms with Crippen LogP contribution < -0.4 is 10.1 Å². The lowest BCUT2D eigenvalue weighted by Crippen LogP contribution is -2.05. The Morgan fingerprint density at radius 2 is 2.10 bits per heavy atom. The van der Waals surface area contributed by atoms with Gasteiger partial charge >= 0.3 is 0 Å². The number of fused-ring (bicyclic) bond motifs is 1. The highest BCUT2D eigenvalue weighted by Gasteiger charge is 2.01. The molecule has 0 saturated carbocycles. The Balaban J connectivity index is 1.68. The first-order valence-electron chi connectivity index (χ1n) is 6.91. The molecular weight excluding hydrogens is 264 g/mol.